The summed E-state index contributed by atoms with van der Waals surface area (Å²) in [7, 11) is -9.81. The maximum atomic E-state index is 13.1. The molecule has 0 radical (unpaired) electrons. The van der Waals surface area contributed by atoms with Crippen LogP contribution in [0.3, 0.4) is 0 Å². The molecule has 18 heteroatoms. The van der Waals surface area contributed by atoms with E-state index >= 15 is 0 Å². The fraction of sp³-hybridized carbons (Fsp3) is 0.693. The van der Waals surface area contributed by atoms with E-state index in [0.29, 0.717) is 19.3 Å². The Balaban J connectivity index is 4.50. The Morgan fingerprint density at radius 1 is 0.235 bits per heavy atom. The monoisotopic (exact) mass is 1700 g/mol. The number of phosphoric ester groups is 2. The van der Waals surface area contributed by atoms with E-state index in [9.17, 15) is 43.5 Å². The lowest BCUT2D eigenvalue weighted by molar-refractivity contribution is -0.161. The van der Waals surface area contributed by atoms with E-state index in [-0.39, 0.29) is 19.3 Å². The lowest BCUT2D eigenvalue weighted by atomic mass is 10.0. The highest BCUT2D eigenvalue weighted by molar-refractivity contribution is 7.47. The van der Waals surface area contributed by atoms with Gasteiger partial charge in [0.05, 0.1) is 26.4 Å². The number of phosphoric acid groups is 2. The van der Waals surface area contributed by atoms with Gasteiger partial charge in [0.25, 0.3) is 0 Å². The van der Waals surface area contributed by atoms with Crippen LogP contribution >= 0.6 is 15.6 Å². The summed E-state index contributed by atoms with van der Waals surface area (Å²) in [4.78, 5) is 59.0. The van der Waals surface area contributed by atoms with E-state index in [1.54, 1.807) is 0 Å². The fourth-order valence-electron chi connectivity index (χ4n) is 12.9. The number of aliphatic hydroxyl groups excluding tert-OH is 2. The average Bonchev–Trinajstić information content (AvgIpc) is 0.924. The lowest BCUT2D eigenvalue weighted by Crippen LogP contribution is -2.30. The molecule has 0 aromatic heterocycles. The molecule has 0 heterocycles. The van der Waals surface area contributed by atoms with Crippen LogP contribution in [0.1, 0.15) is 393 Å². The summed E-state index contributed by atoms with van der Waals surface area (Å²) >= 11 is 0. The van der Waals surface area contributed by atoms with Gasteiger partial charge in [0.1, 0.15) is 25.4 Å². The topological polar surface area (TPSA) is 231 Å². The van der Waals surface area contributed by atoms with Crippen molar-refractivity contribution < 1.29 is 75.8 Å². The molecule has 0 aromatic rings. The van der Waals surface area contributed by atoms with Crippen molar-refractivity contribution in [3.05, 3.63) is 170 Å². The largest absolute Gasteiger partial charge is 0.472 e. The number of aliphatic hydroxyl groups is 2. The van der Waals surface area contributed by atoms with Crippen molar-refractivity contribution >= 4 is 33.6 Å². The van der Waals surface area contributed by atoms with Crippen LogP contribution < -0.4 is 0 Å². The summed E-state index contributed by atoms with van der Waals surface area (Å²) in [6.07, 6.45) is 120. The molecule has 0 fully saturated rings. The summed E-state index contributed by atoms with van der Waals surface area (Å²) < 4.78 is 61.5. The third-order valence-electron chi connectivity index (χ3n) is 19.9. The molecule has 0 amide bonds. The predicted molar refractivity (Wildman–Crippen MR) is 500 cm³/mol. The first-order chi connectivity index (χ1) is 58.2. The summed E-state index contributed by atoms with van der Waals surface area (Å²) in [5.41, 5.74) is 0. The lowest BCUT2D eigenvalue weighted by Gasteiger charge is -2.21. The molecule has 0 aromatic carbocycles. The van der Waals surface area contributed by atoms with Gasteiger partial charge in [0, 0.05) is 19.3 Å². The number of carbonyl (C=O) groups excluding carboxylic acids is 3. The summed E-state index contributed by atoms with van der Waals surface area (Å²) in [6, 6.07) is 0. The van der Waals surface area contributed by atoms with Gasteiger partial charge in [-0.25, -0.2) is 9.13 Å². The van der Waals surface area contributed by atoms with Crippen LogP contribution in [-0.2, 0) is 55.8 Å². The summed E-state index contributed by atoms with van der Waals surface area (Å²) in [5.74, 6) is -1.58. The van der Waals surface area contributed by atoms with Crippen molar-refractivity contribution in [2.45, 2.75) is 411 Å². The summed E-state index contributed by atoms with van der Waals surface area (Å²) in [6.45, 7) is 2.38. The van der Waals surface area contributed by atoms with Gasteiger partial charge in [-0.1, -0.05) is 396 Å². The minimum atomic E-state index is -4.95. The first-order valence-corrected chi connectivity index (χ1v) is 50.4. The highest BCUT2D eigenvalue weighted by Crippen LogP contribution is 2.45. The Hall–Kier alpha value is -5.09. The standard InChI is InChI=1S/C101H172O16P2/c1-4-7-10-13-16-19-22-25-28-31-34-36-38-40-42-44-45-46-47-48-49-51-53-54-56-58-61-63-66-69-72-75-78-81-84-87-99(104)111-90-96(102)91-113-118(107,108)114-92-97(103)93-115-119(109,110)116-95-98(117-101(106)89-86-83-80-77-74-71-68-65-60-33-30-27-24-21-18-15-12-9-6-3)94-112-100(105)88-85-82-79-76-73-70-67-64-62-59-57-55-52-50-43-41-39-37-35-32-29-26-23-20-17-14-11-8-5-2/h7-12,16-21,25-30,34-37,40-43,60,65,96-98,102-103H,4-6,13-15,22-24,31-33,38-39,44-59,61-64,66-95H2,1-3H3,(H,107,108)(H,109,110)/b10-7-,11-8-,12-9-,19-16-,20-17-,21-18-,28-25-,29-26-,30-27-,36-34-,37-35-,42-40-,43-41-,65-60-. The second-order valence-electron chi connectivity index (χ2n) is 31.4. The van der Waals surface area contributed by atoms with Gasteiger partial charge in [-0.15, -0.1) is 0 Å². The number of rotatable bonds is 89. The van der Waals surface area contributed by atoms with Crippen LogP contribution in [0.25, 0.3) is 0 Å². The van der Waals surface area contributed by atoms with Crippen molar-refractivity contribution in [3.63, 3.8) is 0 Å². The Bertz CT molecular complexity index is 2840. The molecule has 0 aliphatic carbocycles. The third kappa shape index (κ3) is 93.5. The molecule has 16 nitrogen and oxygen atoms in total. The van der Waals surface area contributed by atoms with E-state index in [1.165, 1.54) is 154 Å². The molecule has 682 valence electrons. The first kappa shape index (κ1) is 114. The quantitative estimate of drug-likeness (QED) is 0.0146. The van der Waals surface area contributed by atoms with Crippen LogP contribution in [0.15, 0.2) is 170 Å². The molecule has 0 rings (SSSR count). The number of ether oxygens (including phenoxy) is 3. The van der Waals surface area contributed by atoms with Gasteiger partial charge in [0.2, 0.25) is 0 Å². The fourth-order valence-corrected chi connectivity index (χ4v) is 14.4. The second-order valence-corrected chi connectivity index (χ2v) is 34.3. The molecule has 4 N–H and O–H groups in total. The van der Waals surface area contributed by atoms with Crippen LogP contribution in [0.2, 0.25) is 0 Å². The number of allylic oxidation sites excluding steroid dienone is 28. The Morgan fingerprint density at radius 2 is 0.420 bits per heavy atom. The molecule has 0 spiro atoms. The molecule has 0 bridgehead atoms. The van der Waals surface area contributed by atoms with Gasteiger partial charge in [-0.2, -0.15) is 0 Å². The minimum absolute atomic E-state index is 0.0851. The molecule has 0 saturated carbocycles. The molecular formula is C101H172O16P2. The van der Waals surface area contributed by atoms with Gasteiger partial charge in [-0.05, 0) is 148 Å². The van der Waals surface area contributed by atoms with E-state index in [1.807, 2.05) is 0 Å². The molecule has 0 aliphatic heterocycles. The zero-order chi connectivity index (χ0) is 86.5. The number of esters is 3. The number of carbonyl (C=O) groups is 3. The maximum Gasteiger partial charge on any atom is 0.472 e. The predicted octanol–water partition coefficient (Wildman–Crippen LogP) is 29.4. The highest BCUT2D eigenvalue weighted by atomic mass is 31.2. The number of hydrogen-bond donors (Lipinski definition) is 4. The van der Waals surface area contributed by atoms with Gasteiger partial charge in [-0.3, -0.25) is 32.5 Å². The van der Waals surface area contributed by atoms with Crippen molar-refractivity contribution in [3.8, 4) is 0 Å². The molecule has 0 saturated heterocycles. The van der Waals surface area contributed by atoms with Gasteiger partial charge < -0.3 is 34.2 Å². The van der Waals surface area contributed by atoms with Crippen LogP contribution in [0.5, 0.6) is 0 Å². The molecular weight excluding hydrogens is 1530 g/mol. The maximum absolute atomic E-state index is 13.1. The Kier molecular flexibility index (Phi) is 88.2. The SMILES string of the molecule is CC/C=C\C/C=C\C/C=C\C/C=C\C/C=C\CCCCCCCCCCCCCCCCCCCCCC(=O)OCC(O)COP(=O)(O)OCC(O)COP(=O)(O)OCC(COC(=O)CCCCCCCCCCCCCCC/C=C\C/C=C\C/C=C\C/C=C\C/C=C\CC)OC(=O)CCCCCCCC/C=C\C/C=C\C/C=C\C/C=C\CC. The normalized spacial score (nSPS) is 14.5. The van der Waals surface area contributed by atoms with Crippen molar-refractivity contribution in [2.24, 2.45) is 0 Å². The highest BCUT2D eigenvalue weighted by Gasteiger charge is 2.30. The van der Waals surface area contributed by atoms with Gasteiger partial charge in [0.15, 0.2) is 6.10 Å². The molecule has 119 heavy (non-hydrogen) atoms. The molecule has 0 aliphatic rings. The van der Waals surface area contributed by atoms with Crippen LogP contribution in [-0.4, -0.2) is 95.9 Å². The smallest absolute Gasteiger partial charge is 0.463 e. The Labute approximate surface area is 726 Å². The third-order valence-corrected chi connectivity index (χ3v) is 21.8. The second kappa shape index (κ2) is 92.1. The first-order valence-electron chi connectivity index (χ1n) is 47.4. The van der Waals surface area contributed by atoms with E-state index in [2.05, 4.69) is 191 Å². The zero-order valence-electron chi connectivity index (χ0n) is 75.2. The number of hydrogen-bond acceptors (Lipinski definition) is 14. The van der Waals surface area contributed by atoms with E-state index in [4.69, 9.17) is 32.3 Å². The summed E-state index contributed by atoms with van der Waals surface area (Å²) in [5, 5.41) is 20.7. The average molecular weight is 1700 g/mol. The Morgan fingerprint density at radius 3 is 0.664 bits per heavy atom. The number of unbranched alkanes of at least 4 members (excludes halogenated alkanes) is 38. The van der Waals surface area contributed by atoms with Crippen molar-refractivity contribution in [1.82, 2.24) is 0 Å². The minimum Gasteiger partial charge on any atom is -0.463 e. The van der Waals surface area contributed by atoms with E-state index in [0.717, 1.165) is 180 Å². The molecule has 5 atom stereocenters. The van der Waals surface area contributed by atoms with Crippen LogP contribution in [0, 0.1) is 0 Å². The zero-order valence-corrected chi connectivity index (χ0v) is 77.0. The van der Waals surface area contributed by atoms with E-state index < -0.39 is 91.5 Å². The van der Waals surface area contributed by atoms with Gasteiger partial charge >= 0.3 is 33.6 Å². The van der Waals surface area contributed by atoms with Crippen molar-refractivity contribution in [1.29, 1.82) is 0 Å². The molecule has 5 unspecified atom stereocenters. The van der Waals surface area contributed by atoms with Crippen LogP contribution in [0.4, 0.5) is 0 Å². The van der Waals surface area contributed by atoms with Crippen molar-refractivity contribution in [2.75, 3.05) is 39.6 Å².